The molecular weight excluding hydrogens is 437 g/mol. The molecule has 6 rings (SSSR count). The molecule has 2 aliphatic rings. The van der Waals surface area contributed by atoms with E-state index in [1.807, 2.05) is 16.9 Å². The number of ether oxygens (including phenoxy) is 2. The van der Waals surface area contributed by atoms with Crippen LogP contribution in [0.4, 0.5) is 16.2 Å². The van der Waals surface area contributed by atoms with Crippen molar-refractivity contribution in [2.24, 2.45) is 0 Å². The summed E-state index contributed by atoms with van der Waals surface area (Å²) < 4.78 is 29.4. The van der Waals surface area contributed by atoms with E-state index in [0.717, 1.165) is 30.8 Å². The average Bonchev–Trinajstić information content (AvgIpc) is 3.65. The quantitative estimate of drug-likeness (QED) is 0.439. The van der Waals surface area contributed by atoms with Crippen molar-refractivity contribution in [1.29, 1.82) is 0 Å². The number of imidazole rings is 1. The summed E-state index contributed by atoms with van der Waals surface area (Å²) in [5, 5.41) is 7.90. The molecule has 1 saturated heterocycles. The van der Waals surface area contributed by atoms with Crippen LogP contribution < -0.4 is 10.1 Å². The minimum atomic E-state index is -0.283. The largest absolute Gasteiger partial charge is 0.493 e. The Hall–Kier alpha value is -3.97. The molecule has 0 spiro atoms. The third-order valence-corrected chi connectivity index (χ3v) is 6.29. The first-order chi connectivity index (χ1) is 16.7. The highest BCUT2D eigenvalue weighted by Crippen LogP contribution is 2.31. The van der Waals surface area contributed by atoms with Gasteiger partial charge in [-0.25, -0.2) is 9.37 Å². The number of aromatic nitrogens is 5. The summed E-state index contributed by atoms with van der Waals surface area (Å²) in [5.41, 5.74) is 3.44. The van der Waals surface area contributed by atoms with Crippen molar-refractivity contribution in [2.45, 2.75) is 38.5 Å². The summed E-state index contributed by atoms with van der Waals surface area (Å²) in [5.74, 6) is 1.16. The highest BCUT2D eigenvalue weighted by molar-refractivity contribution is 5.77. The maximum atomic E-state index is 14.6. The Morgan fingerprint density at radius 3 is 3.06 bits per heavy atom. The van der Waals surface area contributed by atoms with Crippen molar-refractivity contribution in [3.05, 3.63) is 65.2 Å². The van der Waals surface area contributed by atoms with Crippen molar-refractivity contribution < 1.29 is 13.9 Å². The Balaban J connectivity index is 1.31. The molecule has 1 fully saturated rings. The Kier molecular flexibility index (Phi) is 5.11. The van der Waals surface area contributed by atoms with E-state index in [9.17, 15) is 4.39 Å². The zero-order valence-electron chi connectivity index (χ0n) is 18.4. The lowest BCUT2D eigenvalue weighted by Crippen LogP contribution is -2.15. The van der Waals surface area contributed by atoms with E-state index in [-0.39, 0.29) is 24.3 Å². The predicted molar refractivity (Wildman–Crippen MR) is 122 cm³/mol. The number of hydrogen-bond donors (Lipinski definition) is 1. The van der Waals surface area contributed by atoms with E-state index in [4.69, 9.17) is 16.0 Å². The minimum absolute atomic E-state index is 0.183. The predicted octanol–water partition coefficient (Wildman–Crippen LogP) is 4.01. The van der Waals surface area contributed by atoms with E-state index < -0.39 is 0 Å². The summed E-state index contributed by atoms with van der Waals surface area (Å²) in [6, 6.07) is 5.00. The van der Waals surface area contributed by atoms with Crippen LogP contribution in [-0.2, 0) is 24.2 Å². The molecule has 0 bridgehead atoms. The fourth-order valence-electron chi connectivity index (χ4n) is 4.61. The molecule has 2 aliphatic heterocycles. The molecule has 0 aliphatic carbocycles. The van der Waals surface area contributed by atoms with Gasteiger partial charge in [-0.2, -0.15) is 5.10 Å². The summed E-state index contributed by atoms with van der Waals surface area (Å²) in [6.07, 6.45) is 8.20. The van der Waals surface area contributed by atoms with Gasteiger partial charge in [-0.15, -0.1) is 0 Å². The molecule has 10 heteroatoms. The van der Waals surface area contributed by atoms with Crippen LogP contribution in [0, 0.1) is 12.4 Å². The van der Waals surface area contributed by atoms with Crippen molar-refractivity contribution in [3.8, 4) is 17.0 Å². The van der Waals surface area contributed by atoms with Crippen LogP contribution in [0.25, 0.3) is 21.7 Å². The molecule has 34 heavy (non-hydrogen) atoms. The Labute approximate surface area is 195 Å². The fourth-order valence-corrected chi connectivity index (χ4v) is 4.61. The monoisotopic (exact) mass is 459 g/mol. The summed E-state index contributed by atoms with van der Waals surface area (Å²) in [7, 11) is 0. The molecular formula is C24H22FN7O2. The summed E-state index contributed by atoms with van der Waals surface area (Å²) in [6.45, 7) is 9.70. The number of benzene rings is 1. The first kappa shape index (κ1) is 20.6. The van der Waals surface area contributed by atoms with Gasteiger partial charge in [-0.3, -0.25) is 9.08 Å². The van der Waals surface area contributed by atoms with Gasteiger partial charge in [0.05, 0.1) is 30.5 Å². The zero-order valence-corrected chi connectivity index (χ0v) is 18.4. The van der Waals surface area contributed by atoms with E-state index in [2.05, 4.69) is 25.2 Å². The molecule has 9 nitrogen and oxygen atoms in total. The number of rotatable bonds is 6. The van der Waals surface area contributed by atoms with Gasteiger partial charge in [0.2, 0.25) is 11.6 Å². The summed E-state index contributed by atoms with van der Waals surface area (Å²) in [4.78, 5) is 12.5. The van der Waals surface area contributed by atoms with Crippen LogP contribution in [0.5, 0.6) is 5.75 Å². The maximum absolute atomic E-state index is 14.6. The Morgan fingerprint density at radius 2 is 2.21 bits per heavy atom. The molecule has 0 saturated carbocycles. The van der Waals surface area contributed by atoms with E-state index in [1.54, 1.807) is 22.9 Å². The SMILES string of the molecule is [C-]#[N+]c1cn2c(NCc3c(F)ccc4c3CCO4)ncc(-c3ccn(CC4CCCO4)n3)c2n1. The first-order valence-corrected chi connectivity index (χ1v) is 11.3. The molecule has 1 atom stereocenters. The standard InChI is InChI=1S/C24H22FN7O2/c1-26-22-14-32-23(29-22)18(20-6-8-31(30-20)13-15-3-2-9-33-15)12-28-24(32)27-11-17-16-7-10-34-21(16)5-4-19(17)25/h4-6,8,12,14-15H,2-3,7,9-11,13H2,(H,27,28). The van der Waals surface area contributed by atoms with Gasteiger partial charge in [0.25, 0.3) is 5.82 Å². The maximum Gasteiger partial charge on any atom is 0.288 e. The van der Waals surface area contributed by atoms with E-state index in [1.165, 1.54) is 6.07 Å². The van der Waals surface area contributed by atoms with Gasteiger partial charge in [0, 0.05) is 49.3 Å². The minimum Gasteiger partial charge on any atom is -0.493 e. The van der Waals surface area contributed by atoms with Crippen LogP contribution >= 0.6 is 0 Å². The Morgan fingerprint density at radius 1 is 1.26 bits per heavy atom. The number of halogens is 1. The second-order valence-electron chi connectivity index (χ2n) is 8.41. The zero-order chi connectivity index (χ0) is 23.1. The second kappa shape index (κ2) is 8.43. The van der Waals surface area contributed by atoms with Gasteiger partial charge < -0.3 is 19.6 Å². The van der Waals surface area contributed by atoms with Crippen LogP contribution in [0.1, 0.15) is 24.0 Å². The summed E-state index contributed by atoms with van der Waals surface area (Å²) >= 11 is 0. The number of hydrogen-bond acceptors (Lipinski definition) is 6. The van der Waals surface area contributed by atoms with Crippen LogP contribution in [-0.4, -0.2) is 43.5 Å². The average molecular weight is 459 g/mol. The topological polar surface area (TPSA) is 82.9 Å². The van der Waals surface area contributed by atoms with Gasteiger partial charge in [0.15, 0.2) is 0 Å². The van der Waals surface area contributed by atoms with Crippen LogP contribution in [0.15, 0.2) is 36.8 Å². The smallest absolute Gasteiger partial charge is 0.288 e. The molecule has 1 aromatic carbocycles. The lowest BCUT2D eigenvalue weighted by atomic mass is 10.0. The molecule has 1 N–H and O–H groups in total. The highest BCUT2D eigenvalue weighted by atomic mass is 19.1. The number of anilines is 1. The second-order valence-corrected chi connectivity index (χ2v) is 8.41. The number of nitrogens with one attached hydrogen (secondary N) is 1. The van der Waals surface area contributed by atoms with Crippen molar-refractivity contribution in [3.63, 3.8) is 0 Å². The molecule has 0 radical (unpaired) electrons. The first-order valence-electron chi connectivity index (χ1n) is 11.3. The molecule has 172 valence electrons. The number of nitrogens with zero attached hydrogens (tertiary/aromatic N) is 6. The van der Waals surface area contributed by atoms with Crippen molar-refractivity contribution in [1.82, 2.24) is 24.1 Å². The van der Waals surface area contributed by atoms with Crippen LogP contribution in [0.3, 0.4) is 0 Å². The van der Waals surface area contributed by atoms with Crippen molar-refractivity contribution in [2.75, 3.05) is 18.5 Å². The molecule has 4 aromatic rings. The van der Waals surface area contributed by atoms with Gasteiger partial charge in [0.1, 0.15) is 11.6 Å². The van der Waals surface area contributed by atoms with E-state index in [0.29, 0.717) is 48.0 Å². The molecule has 3 aromatic heterocycles. The molecule has 5 heterocycles. The third-order valence-electron chi connectivity index (χ3n) is 6.29. The highest BCUT2D eigenvalue weighted by Gasteiger charge is 2.22. The molecule has 1 unspecified atom stereocenters. The third kappa shape index (κ3) is 3.64. The molecule has 0 amide bonds. The van der Waals surface area contributed by atoms with Crippen LogP contribution in [0.2, 0.25) is 0 Å². The fraction of sp³-hybridized carbons (Fsp3) is 0.333. The lowest BCUT2D eigenvalue weighted by molar-refractivity contribution is 0.0940. The van der Waals surface area contributed by atoms with Crippen molar-refractivity contribution >= 4 is 17.4 Å². The Bertz CT molecular complexity index is 1410. The van der Waals surface area contributed by atoms with Gasteiger partial charge in [-0.1, -0.05) is 11.6 Å². The van der Waals surface area contributed by atoms with Gasteiger partial charge >= 0.3 is 0 Å². The lowest BCUT2D eigenvalue weighted by Gasteiger charge is -2.12. The van der Waals surface area contributed by atoms with Gasteiger partial charge in [-0.05, 0) is 31.0 Å². The normalized spacial score (nSPS) is 17.0. The number of fused-ring (bicyclic) bond motifs is 2. The van der Waals surface area contributed by atoms with E-state index >= 15 is 0 Å².